The highest BCUT2D eigenvalue weighted by Gasteiger charge is 2.27. The molecule has 2 aromatic heterocycles. The molecule has 0 radical (unpaired) electrons. The molecule has 0 aliphatic carbocycles. The van der Waals surface area contributed by atoms with Crippen LogP contribution in [0.25, 0.3) is 34.6 Å². The molecule has 1 aliphatic heterocycles. The summed E-state index contributed by atoms with van der Waals surface area (Å²) in [5, 5.41) is 11.0. The van der Waals surface area contributed by atoms with Gasteiger partial charge in [-0.05, 0) is 40.0 Å². The van der Waals surface area contributed by atoms with E-state index < -0.39 is 5.82 Å². The van der Waals surface area contributed by atoms with Crippen molar-refractivity contribution in [2.24, 2.45) is 0 Å². The molecule has 0 atom stereocenters. The SMILES string of the molecule is C=c1/c(=C\C(C#N)=C/C)[nH]c2c1c(=O)c1cc(OC)c(N3CCN(C)CC3)c(F)c1n2C(C)C. The van der Waals surface area contributed by atoms with Gasteiger partial charge in [-0.3, -0.25) is 4.79 Å². The summed E-state index contributed by atoms with van der Waals surface area (Å²) in [5.41, 5.74) is 1.23. The van der Waals surface area contributed by atoms with Crippen LogP contribution in [0.3, 0.4) is 0 Å². The van der Waals surface area contributed by atoms with Crippen LogP contribution >= 0.6 is 0 Å². The predicted octanol–water partition coefficient (Wildman–Crippen LogP) is 2.62. The number of anilines is 1. The fraction of sp³-hybridized carbons (Fsp3) is 0.385. The number of benzene rings is 1. The minimum absolute atomic E-state index is 0.156. The summed E-state index contributed by atoms with van der Waals surface area (Å²) in [5.74, 6) is -0.126. The van der Waals surface area contributed by atoms with Crippen molar-refractivity contribution >= 4 is 40.3 Å². The number of allylic oxidation sites excluding steroid dienone is 2. The van der Waals surface area contributed by atoms with Crippen LogP contribution in [0, 0.1) is 17.1 Å². The summed E-state index contributed by atoms with van der Waals surface area (Å²) < 4.78 is 23.8. The number of hydrogen-bond acceptors (Lipinski definition) is 5. The van der Waals surface area contributed by atoms with E-state index in [1.165, 1.54) is 7.11 Å². The summed E-state index contributed by atoms with van der Waals surface area (Å²) in [6, 6.07) is 3.61. The van der Waals surface area contributed by atoms with Gasteiger partial charge in [0.1, 0.15) is 17.1 Å². The highest BCUT2D eigenvalue weighted by molar-refractivity contribution is 5.96. The Hall–Kier alpha value is -3.57. The Morgan fingerprint density at radius 1 is 1.32 bits per heavy atom. The molecule has 3 heterocycles. The topological polar surface area (TPSA) is 77.3 Å². The van der Waals surface area contributed by atoms with Gasteiger partial charge >= 0.3 is 0 Å². The van der Waals surface area contributed by atoms with Crippen molar-refractivity contribution in [3.8, 4) is 11.8 Å². The van der Waals surface area contributed by atoms with Crippen LogP contribution < -0.4 is 25.6 Å². The Balaban J connectivity index is 2.16. The van der Waals surface area contributed by atoms with Gasteiger partial charge in [0.2, 0.25) is 0 Å². The van der Waals surface area contributed by atoms with Crippen molar-refractivity contribution in [1.29, 1.82) is 5.26 Å². The van der Waals surface area contributed by atoms with Crippen molar-refractivity contribution in [2.45, 2.75) is 26.8 Å². The Bertz CT molecular complexity index is 1520. The van der Waals surface area contributed by atoms with E-state index in [0.717, 1.165) is 13.1 Å². The Kier molecular flexibility index (Phi) is 6.24. The van der Waals surface area contributed by atoms with Crippen LogP contribution in [0.2, 0.25) is 0 Å². The van der Waals surface area contributed by atoms with E-state index in [-0.39, 0.29) is 22.4 Å². The predicted molar refractivity (Wildman–Crippen MR) is 135 cm³/mol. The molecule has 8 heteroatoms. The molecule has 0 saturated carbocycles. The molecule has 3 aromatic rings. The maximum atomic E-state index is 16.4. The zero-order valence-electron chi connectivity index (χ0n) is 20.3. The van der Waals surface area contributed by atoms with Crippen LogP contribution in [0.1, 0.15) is 26.8 Å². The number of likely N-dealkylation sites (N-methyl/N-ethyl adjacent to an activating group) is 1. The average Bonchev–Trinajstić information content (AvgIpc) is 3.14. The Labute approximate surface area is 197 Å². The number of aromatic nitrogens is 2. The summed E-state index contributed by atoms with van der Waals surface area (Å²) in [4.78, 5) is 21.1. The molecule has 178 valence electrons. The second kappa shape index (κ2) is 8.99. The summed E-state index contributed by atoms with van der Waals surface area (Å²) in [6.45, 7) is 12.7. The largest absolute Gasteiger partial charge is 0.494 e. The van der Waals surface area contributed by atoms with Crippen LogP contribution in [0.4, 0.5) is 10.1 Å². The molecule has 34 heavy (non-hydrogen) atoms. The molecule has 1 aliphatic rings. The van der Waals surface area contributed by atoms with E-state index in [1.54, 1.807) is 25.1 Å². The molecule has 0 bridgehead atoms. The zero-order valence-corrected chi connectivity index (χ0v) is 20.3. The van der Waals surface area contributed by atoms with Gasteiger partial charge in [0.15, 0.2) is 11.2 Å². The lowest BCUT2D eigenvalue weighted by molar-refractivity contribution is 0.309. The molecule has 4 rings (SSSR count). The maximum absolute atomic E-state index is 16.4. The van der Waals surface area contributed by atoms with Crippen LogP contribution in [0.15, 0.2) is 22.5 Å². The Morgan fingerprint density at radius 3 is 2.56 bits per heavy atom. The molecule has 0 spiro atoms. The lowest BCUT2D eigenvalue weighted by Gasteiger charge is -2.35. The van der Waals surface area contributed by atoms with E-state index in [4.69, 9.17) is 4.74 Å². The minimum Gasteiger partial charge on any atom is -0.494 e. The number of aromatic amines is 1. The van der Waals surface area contributed by atoms with Gasteiger partial charge in [0.05, 0.1) is 29.5 Å². The lowest BCUT2D eigenvalue weighted by atomic mass is 10.1. The van der Waals surface area contributed by atoms with Crippen molar-refractivity contribution in [1.82, 2.24) is 14.5 Å². The molecular formula is C26H30FN5O2. The molecule has 1 aromatic carbocycles. The van der Waals surface area contributed by atoms with Gasteiger partial charge in [0.25, 0.3) is 0 Å². The van der Waals surface area contributed by atoms with Crippen molar-refractivity contribution in [3.05, 3.63) is 44.3 Å². The number of piperazine rings is 1. The van der Waals surface area contributed by atoms with Gasteiger partial charge in [-0.25, -0.2) is 4.39 Å². The molecular weight excluding hydrogens is 433 g/mol. The molecule has 0 amide bonds. The first kappa shape index (κ1) is 23.6. The molecule has 7 nitrogen and oxygen atoms in total. The van der Waals surface area contributed by atoms with Gasteiger partial charge in [0, 0.05) is 48.4 Å². The standard InChI is InChI=1S/C26H30FN5O2/c1-7-17(14-28)12-19-16(4)21-25(33)18-13-20(34-6)24(31-10-8-30(5)9-11-31)22(27)23(18)32(15(2)3)26(21)29-19/h7,12-13,15,29H,4,8-11H2,1-3,5-6H3/b17-7+,19-12+. The number of fused-ring (bicyclic) bond motifs is 2. The number of hydrogen-bond donors (Lipinski definition) is 1. The number of H-pyrrole nitrogens is 1. The van der Waals surface area contributed by atoms with Crippen molar-refractivity contribution in [2.75, 3.05) is 45.2 Å². The van der Waals surface area contributed by atoms with Crippen LogP contribution in [-0.4, -0.2) is 54.8 Å². The zero-order chi connectivity index (χ0) is 24.7. The van der Waals surface area contributed by atoms with Crippen LogP contribution in [0.5, 0.6) is 5.75 Å². The van der Waals surface area contributed by atoms with Crippen molar-refractivity contribution < 1.29 is 9.13 Å². The molecule has 0 unspecified atom stereocenters. The fourth-order valence-electron chi connectivity index (χ4n) is 4.69. The highest BCUT2D eigenvalue weighted by Crippen LogP contribution is 2.38. The fourth-order valence-corrected chi connectivity index (χ4v) is 4.69. The van der Waals surface area contributed by atoms with E-state index in [0.29, 0.717) is 51.7 Å². The molecule has 1 fully saturated rings. The number of nitriles is 1. The van der Waals surface area contributed by atoms with Crippen LogP contribution in [-0.2, 0) is 0 Å². The number of ether oxygens (including phenoxy) is 1. The van der Waals surface area contributed by atoms with Gasteiger partial charge in [-0.2, -0.15) is 5.26 Å². The Morgan fingerprint density at radius 2 is 2.00 bits per heavy atom. The smallest absolute Gasteiger partial charge is 0.199 e. The maximum Gasteiger partial charge on any atom is 0.199 e. The average molecular weight is 464 g/mol. The third kappa shape index (κ3) is 3.66. The second-order valence-electron chi connectivity index (χ2n) is 8.96. The first-order valence-electron chi connectivity index (χ1n) is 11.4. The number of halogens is 1. The van der Waals surface area contributed by atoms with Gasteiger partial charge < -0.3 is 24.1 Å². The molecule has 1 saturated heterocycles. The normalized spacial score (nSPS) is 16.1. The van der Waals surface area contributed by atoms with E-state index in [2.05, 4.69) is 22.5 Å². The summed E-state index contributed by atoms with van der Waals surface area (Å²) in [7, 11) is 3.54. The van der Waals surface area contributed by atoms with E-state index in [9.17, 15) is 10.1 Å². The van der Waals surface area contributed by atoms with E-state index >= 15 is 4.39 Å². The van der Waals surface area contributed by atoms with E-state index in [1.807, 2.05) is 30.4 Å². The minimum atomic E-state index is -0.469. The number of methoxy groups -OCH3 is 1. The monoisotopic (exact) mass is 463 g/mol. The number of nitrogens with one attached hydrogen (secondary N) is 1. The van der Waals surface area contributed by atoms with Gasteiger partial charge in [-0.15, -0.1) is 0 Å². The first-order valence-corrected chi connectivity index (χ1v) is 11.4. The number of pyridine rings is 1. The molecule has 1 N–H and O–H groups in total. The van der Waals surface area contributed by atoms with Crippen molar-refractivity contribution in [3.63, 3.8) is 0 Å². The highest BCUT2D eigenvalue weighted by atomic mass is 19.1. The summed E-state index contributed by atoms with van der Waals surface area (Å²) >= 11 is 0. The lowest BCUT2D eigenvalue weighted by Crippen LogP contribution is -2.45. The number of rotatable bonds is 4. The number of nitrogens with zero attached hydrogens (tertiary/aromatic N) is 4. The summed E-state index contributed by atoms with van der Waals surface area (Å²) in [6.07, 6.45) is 3.34. The first-order chi connectivity index (χ1) is 16.2. The van der Waals surface area contributed by atoms with Gasteiger partial charge in [-0.1, -0.05) is 12.7 Å². The quantitative estimate of drug-likeness (QED) is 0.602. The second-order valence-corrected chi connectivity index (χ2v) is 8.96. The third-order valence-corrected chi connectivity index (χ3v) is 6.55. The third-order valence-electron chi connectivity index (χ3n) is 6.55.